The fourth-order valence-corrected chi connectivity index (χ4v) is 0.352. The fourth-order valence-electron chi connectivity index (χ4n) is 0.352. The number of nitrogens with one attached hydrogen (secondary N) is 1. The minimum atomic E-state index is 0. The van der Waals surface area contributed by atoms with Gasteiger partial charge in [-0.2, -0.15) is 38.3 Å². The number of hydrogen-bond donors (Lipinski definition) is 1. The van der Waals surface area contributed by atoms with Crippen molar-refractivity contribution < 1.29 is 19.5 Å². The maximum atomic E-state index is 4.93. The van der Waals surface area contributed by atoms with E-state index in [1.807, 2.05) is 31.3 Å². The second-order valence-corrected chi connectivity index (χ2v) is 1.53. The number of rotatable bonds is 1. The molecule has 86 valence electrons. The molecular weight excluding hydrogens is 271 g/mol. The predicted molar refractivity (Wildman–Crippen MR) is 65.4 cm³/mol. The number of aromatic amines is 1. The molecule has 0 unspecified atom stereocenters. The summed E-state index contributed by atoms with van der Waals surface area (Å²) in [5.41, 5.74) is 0. The van der Waals surface area contributed by atoms with Gasteiger partial charge >= 0.3 is 19.5 Å². The van der Waals surface area contributed by atoms with Crippen molar-refractivity contribution in [3.05, 3.63) is 63.2 Å². The molecule has 1 rings (SSSR count). The third-order valence-electron chi connectivity index (χ3n) is 0.746. The van der Waals surface area contributed by atoms with Crippen LogP contribution in [0.4, 0.5) is 0 Å². The summed E-state index contributed by atoms with van der Waals surface area (Å²) in [5, 5.41) is 0. The zero-order chi connectivity index (χ0) is 11.7. The first kappa shape index (κ1) is 23.9. The van der Waals surface area contributed by atoms with Gasteiger partial charge in [-0.15, -0.1) is 6.20 Å². The number of hydrogen-bond acceptors (Lipinski definition) is 0. The molecule has 0 fully saturated rings. The van der Waals surface area contributed by atoms with Gasteiger partial charge in [0.05, 0.1) is 0 Å². The van der Waals surface area contributed by atoms with Crippen LogP contribution in [-0.4, -0.2) is 4.98 Å². The van der Waals surface area contributed by atoms with Crippen molar-refractivity contribution in [2.75, 3.05) is 0 Å². The third-order valence-corrected chi connectivity index (χ3v) is 0.746. The Hall–Kier alpha value is -0.617. The average molecular weight is 292 g/mol. The van der Waals surface area contributed by atoms with Gasteiger partial charge in [-0.05, 0) is 0 Å². The zero-order valence-electron chi connectivity index (χ0n) is 9.81. The van der Waals surface area contributed by atoms with E-state index < -0.39 is 0 Å². The topological polar surface area (TPSA) is 15.8 Å². The summed E-state index contributed by atoms with van der Waals surface area (Å²) < 4.78 is 0. The van der Waals surface area contributed by atoms with Crippen LogP contribution in [0.3, 0.4) is 0 Å². The molecule has 2 heteroatoms. The predicted octanol–water partition coefficient (Wildman–Crippen LogP) is 4.04. The van der Waals surface area contributed by atoms with Crippen LogP contribution in [0.15, 0.2) is 36.6 Å². The first-order valence-corrected chi connectivity index (χ1v) is 4.49. The monoisotopic (exact) mass is 293 g/mol. The van der Waals surface area contributed by atoms with Crippen LogP contribution in [0.25, 0.3) is 0 Å². The number of aromatic nitrogens is 1. The third kappa shape index (κ3) is 42.6. The van der Waals surface area contributed by atoms with Gasteiger partial charge in [0.25, 0.3) is 0 Å². The van der Waals surface area contributed by atoms with E-state index in [2.05, 4.69) is 25.0 Å². The molecule has 0 aliphatic rings. The van der Waals surface area contributed by atoms with Gasteiger partial charge in [-0.1, -0.05) is 6.92 Å². The van der Waals surface area contributed by atoms with Crippen molar-refractivity contribution in [3.63, 3.8) is 0 Å². The summed E-state index contributed by atoms with van der Waals surface area (Å²) in [6, 6.07) is 3.71. The molecule has 0 atom stereocenters. The molecule has 0 amide bonds. The molecule has 1 N–H and O–H groups in total. The largest absolute Gasteiger partial charge is 4.00 e. The van der Waals surface area contributed by atoms with Crippen molar-refractivity contribution in [3.8, 4) is 0 Å². The van der Waals surface area contributed by atoms with Gasteiger partial charge in [0.15, 0.2) is 0 Å². The molecule has 0 aliphatic heterocycles. The van der Waals surface area contributed by atoms with Crippen molar-refractivity contribution >= 4 is 0 Å². The summed E-state index contributed by atoms with van der Waals surface area (Å²) in [5.74, 6) is 0. The SMILES string of the molecule is [CH-]=CC=CC.[CH2-]C.[CH2-]C.[Ru+4].[c-]1ccc[nH]1. The van der Waals surface area contributed by atoms with Crippen LogP contribution < -0.4 is 0 Å². The Morgan fingerprint density at radius 3 is 1.87 bits per heavy atom. The molecular formula is C13H21NRu. The van der Waals surface area contributed by atoms with Crippen LogP contribution in [0.5, 0.6) is 0 Å². The van der Waals surface area contributed by atoms with E-state index in [1.54, 1.807) is 19.9 Å². The molecule has 0 saturated heterocycles. The Balaban J connectivity index is -0.0000000580. The quantitative estimate of drug-likeness (QED) is 0.457. The van der Waals surface area contributed by atoms with E-state index in [1.165, 1.54) is 6.08 Å². The van der Waals surface area contributed by atoms with E-state index in [-0.39, 0.29) is 19.5 Å². The molecule has 0 aromatic carbocycles. The number of H-pyrrole nitrogens is 1. The molecule has 0 aliphatic carbocycles. The molecule has 0 bridgehead atoms. The zero-order valence-corrected chi connectivity index (χ0v) is 11.5. The molecule has 0 saturated carbocycles. The Kier molecular flexibility index (Phi) is 60.0. The van der Waals surface area contributed by atoms with Crippen molar-refractivity contribution in [2.24, 2.45) is 0 Å². The van der Waals surface area contributed by atoms with Gasteiger partial charge in [-0.3, -0.25) is 6.58 Å². The molecule has 15 heavy (non-hydrogen) atoms. The molecule has 0 spiro atoms. The normalized spacial score (nSPS) is 6.47. The summed E-state index contributed by atoms with van der Waals surface area (Å²) in [6.07, 6.45) is 9.71. The smallest absolute Gasteiger partial charge is 0.484 e. The first-order valence-electron chi connectivity index (χ1n) is 4.49. The Bertz CT molecular complexity index is 149. The number of allylic oxidation sites excluding steroid dienone is 3. The molecule has 0 radical (unpaired) electrons. The van der Waals surface area contributed by atoms with E-state index in [9.17, 15) is 0 Å². The summed E-state index contributed by atoms with van der Waals surface area (Å²) >= 11 is 0. The van der Waals surface area contributed by atoms with Gasteiger partial charge in [0.1, 0.15) is 0 Å². The Morgan fingerprint density at radius 1 is 1.27 bits per heavy atom. The Morgan fingerprint density at radius 2 is 1.80 bits per heavy atom. The first-order chi connectivity index (χ1) is 6.91. The van der Waals surface area contributed by atoms with Crippen molar-refractivity contribution in [2.45, 2.75) is 20.8 Å². The second-order valence-electron chi connectivity index (χ2n) is 1.53. The van der Waals surface area contributed by atoms with Crippen LogP contribution in [0, 0.1) is 26.6 Å². The van der Waals surface area contributed by atoms with Crippen molar-refractivity contribution in [1.82, 2.24) is 4.98 Å². The van der Waals surface area contributed by atoms with Crippen LogP contribution in [0.2, 0.25) is 0 Å². The summed E-state index contributed by atoms with van der Waals surface area (Å²) in [6.45, 7) is 16.8. The minimum absolute atomic E-state index is 0. The molecule has 1 aromatic rings. The second kappa shape index (κ2) is 37.6. The minimum Gasteiger partial charge on any atom is -0.484 e. The van der Waals surface area contributed by atoms with Crippen molar-refractivity contribution in [1.29, 1.82) is 0 Å². The fraction of sp³-hybridized carbons (Fsp3) is 0.231. The molecule has 1 aromatic heterocycles. The molecule has 1 nitrogen and oxygen atoms in total. The van der Waals surface area contributed by atoms with Gasteiger partial charge in [0, 0.05) is 0 Å². The Labute approximate surface area is 108 Å². The van der Waals surface area contributed by atoms with Crippen LogP contribution >= 0.6 is 0 Å². The molecule has 1 heterocycles. The summed E-state index contributed by atoms with van der Waals surface area (Å²) in [7, 11) is 0. The maximum Gasteiger partial charge on any atom is 4.00 e. The maximum absolute atomic E-state index is 4.93. The van der Waals surface area contributed by atoms with E-state index in [0.717, 1.165) is 0 Å². The summed E-state index contributed by atoms with van der Waals surface area (Å²) in [4.78, 5) is 2.74. The van der Waals surface area contributed by atoms with E-state index in [4.69, 9.17) is 6.58 Å². The average Bonchev–Trinajstić information content (AvgIpc) is 2.83. The van der Waals surface area contributed by atoms with E-state index in [0.29, 0.717) is 0 Å². The van der Waals surface area contributed by atoms with Gasteiger partial charge in [0.2, 0.25) is 0 Å². The van der Waals surface area contributed by atoms with Gasteiger partial charge < -0.3 is 18.8 Å². The van der Waals surface area contributed by atoms with Gasteiger partial charge in [-0.25, -0.2) is 12.2 Å². The van der Waals surface area contributed by atoms with E-state index >= 15 is 0 Å². The van der Waals surface area contributed by atoms with Crippen LogP contribution in [-0.2, 0) is 19.5 Å². The van der Waals surface area contributed by atoms with Crippen LogP contribution in [0.1, 0.15) is 20.8 Å². The standard InChI is InChI=1S/C5H7.C4H4N.2C2H5.Ru/c1-3-5-4-2;1-2-4-5-3-1;2*1-2;/h1,3-5H,2H3;1-3,5H;2*1H2,2H3;/q4*-1;+4.